The van der Waals surface area contributed by atoms with Crippen molar-refractivity contribution in [3.05, 3.63) is 39.6 Å². The average Bonchev–Trinajstić information content (AvgIpc) is 2.82. The monoisotopic (exact) mass is 323 g/mol. The van der Waals surface area contributed by atoms with E-state index >= 15 is 0 Å². The van der Waals surface area contributed by atoms with Crippen LogP contribution in [-0.4, -0.2) is 26.1 Å². The second-order valence-electron chi connectivity index (χ2n) is 4.08. The number of aromatic carboxylic acids is 1. The molecule has 0 saturated carbocycles. The second kappa shape index (κ2) is 5.52. The Bertz CT molecular complexity index is 622. The van der Waals surface area contributed by atoms with Gasteiger partial charge in [0.1, 0.15) is 0 Å². The molecule has 1 aromatic heterocycles. The molecule has 1 N–H and O–H groups in total. The molecule has 100 valence electrons. The van der Waals surface area contributed by atoms with E-state index in [9.17, 15) is 4.79 Å². The summed E-state index contributed by atoms with van der Waals surface area (Å²) in [5, 5.41) is 16.9. The fourth-order valence-corrected chi connectivity index (χ4v) is 2.43. The van der Waals surface area contributed by atoms with E-state index in [1.807, 2.05) is 32.0 Å². The van der Waals surface area contributed by atoms with Crippen molar-refractivity contribution in [1.29, 1.82) is 0 Å². The molecule has 5 nitrogen and oxygen atoms in total. The first-order valence-corrected chi connectivity index (χ1v) is 6.84. The van der Waals surface area contributed by atoms with Crippen molar-refractivity contribution in [2.24, 2.45) is 0 Å². The molecule has 0 unspecified atom stereocenters. The van der Waals surface area contributed by atoms with Crippen molar-refractivity contribution in [3.8, 4) is 5.69 Å². The van der Waals surface area contributed by atoms with Gasteiger partial charge in [0.15, 0.2) is 5.69 Å². The average molecular weight is 324 g/mol. The van der Waals surface area contributed by atoms with Crippen molar-refractivity contribution in [2.75, 3.05) is 0 Å². The van der Waals surface area contributed by atoms with Gasteiger partial charge in [-0.15, -0.1) is 5.10 Å². The van der Waals surface area contributed by atoms with E-state index in [0.717, 1.165) is 22.1 Å². The summed E-state index contributed by atoms with van der Waals surface area (Å²) < 4.78 is 2.61. The maximum Gasteiger partial charge on any atom is 0.358 e. The summed E-state index contributed by atoms with van der Waals surface area (Å²) in [6.45, 7) is 3.94. The Morgan fingerprint density at radius 2 is 2.11 bits per heavy atom. The van der Waals surface area contributed by atoms with E-state index < -0.39 is 5.97 Å². The number of aromatic nitrogens is 3. The van der Waals surface area contributed by atoms with Crippen LogP contribution in [0, 0.1) is 0 Å². The molecule has 0 aliphatic carbocycles. The number of halogens is 1. The Morgan fingerprint density at radius 3 is 2.68 bits per heavy atom. The fraction of sp³-hybridized carbons (Fsp3) is 0.308. The van der Waals surface area contributed by atoms with Gasteiger partial charge < -0.3 is 5.11 Å². The summed E-state index contributed by atoms with van der Waals surface area (Å²) in [6.07, 6.45) is 1.40. The lowest BCUT2D eigenvalue weighted by Crippen LogP contribution is -2.07. The third-order valence-corrected chi connectivity index (χ3v) is 3.44. The van der Waals surface area contributed by atoms with Crippen molar-refractivity contribution >= 4 is 21.9 Å². The topological polar surface area (TPSA) is 68.0 Å². The van der Waals surface area contributed by atoms with Crippen LogP contribution in [0.5, 0.6) is 0 Å². The molecule has 0 saturated heterocycles. The summed E-state index contributed by atoms with van der Waals surface area (Å²) in [5.41, 5.74) is 2.60. The number of carbonyl (C=O) groups is 1. The van der Waals surface area contributed by atoms with Crippen LogP contribution in [0.3, 0.4) is 0 Å². The minimum absolute atomic E-state index is 0.0208. The lowest BCUT2D eigenvalue weighted by molar-refractivity contribution is 0.0689. The van der Waals surface area contributed by atoms with Crippen LogP contribution in [0.2, 0.25) is 0 Å². The largest absolute Gasteiger partial charge is 0.476 e. The molecule has 19 heavy (non-hydrogen) atoms. The highest BCUT2D eigenvalue weighted by Crippen LogP contribution is 2.22. The zero-order valence-corrected chi connectivity index (χ0v) is 12.3. The molecule has 0 radical (unpaired) electrons. The van der Waals surface area contributed by atoms with E-state index in [1.165, 1.54) is 0 Å². The highest BCUT2D eigenvalue weighted by molar-refractivity contribution is 9.10. The van der Waals surface area contributed by atoms with Crippen LogP contribution in [-0.2, 0) is 12.8 Å². The van der Waals surface area contributed by atoms with Gasteiger partial charge in [0.05, 0.1) is 11.4 Å². The Labute approximate surface area is 119 Å². The maximum absolute atomic E-state index is 11.1. The lowest BCUT2D eigenvalue weighted by Gasteiger charge is -2.10. The van der Waals surface area contributed by atoms with Crippen molar-refractivity contribution in [1.82, 2.24) is 15.0 Å². The highest BCUT2D eigenvalue weighted by Gasteiger charge is 2.19. The molecule has 0 atom stereocenters. The van der Waals surface area contributed by atoms with Gasteiger partial charge in [-0.05, 0) is 36.6 Å². The minimum atomic E-state index is -1.04. The molecule has 2 aromatic rings. The van der Waals surface area contributed by atoms with Gasteiger partial charge in [-0.2, -0.15) is 0 Å². The molecule has 0 aliphatic heterocycles. The number of benzene rings is 1. The normalized spacial score (nSPS) is 10.7. The molecule has 0 amide bonds. The third-order valence-electron chi connectivity index (χ3n) is 2.95. The molecule has 6 heteroatoms. The molecule has 2 rings (SSSR count). The van der Waals surface area contributed by atoms with Gasteiger partial charge in [-0.25, -0.2) is 9.48 Å². The number of carboxylic acid groups (broad SMARTS) is 1. The first kappa shape index (κ1) is 13.7. The van der Waals surface area contributed by atoms with Crippen LogP contribution in [0.4, 0.5) is 0 Å². The van der Waals surface area contributed by atoms with Crippen LogP contribution in [0.25, 0.3) is 5.69 Å². The minimum Gasteiger partial charge on any atom is -0.476 e. The highest BCUT2D eigenvalue weighted by atomic mass is 79.9. The standard InChI is InChI=1S/C13H14BrN3O2/c1-3-8-7-9(14)5-6-11(8)17-10(4-2)12(13(18)19)15-16-17/h5-7H,3-4H2,1-2H3,(H,18,19). The molecule has 0 spiro atoms. The molecule has 1 heterocycles. The third kappa shape index (κ3) is 2.53. The van der Waals surface area contributed by atoms with Crippen LogP contribution >= 0.6 is 15.9 Å². The van der Waals surface area contributed by atoms with E-state index in [4.69, 9.17) is 5.11 Å². The van der Waals surface area contributed by atoms with Gasteiger partial charge in [0, 0.05) is 4.47 Å². The van der Waals surface area contributed by atoms with E-state index in [0.29, 0.717) is 12.1 Å². The number of carboxylic acids is 1. The van der Waals surface area contributed by atoms with Crippen LogP contribution < -0.4 is 0 Å². The van der Waals surface area contributed by atoms with Crippen molar-refractivity contribution in [3.63, 3.8) is 0 Å². The predicted molar refractivity (Wildman–Crippen MR) is 74.8 cm³/mol. The zero-order valence-electron chi connectivity index (χ0n) is 10.7. The van der Waals surface area contributed by atoms with E-state index in [2.05, 4.69) is 26.2 Å². The van der Waals surface area contributed by atoms with Gasteiger partial charge >= 0.3 is 5.97 Å². The number of hydrogen-bond donors (Lipinski definition) is 1. The number of aryl methyl sites for hydroxylation is 1. The van der Waals surface area contributed by atoms with Gasteiger partial charge in [0.2, 0.25) is 0 Å². The van der Waals surface area contributed by atoms with Gasteiger partial charge in [-0.1, -0.05) is 35.0 Å². The first-order valence-electron chi connectivity index (χ1n) is 6.05. The number of hydrogen-bond acceptors (Lipinski definition) is 3. The summed E-state index contributed by atoms with van der Waals surface area (Å²) in [5.74, 6) is -1.04. The molecule has 0 aliphatic rings. The smallest absolute Gasteiger partial charge is 0.358 e. The summed E-state index contributed by atoms with van der Waals surface area (Å²) >= 11 is 3.43. The van der Waals surface area contributed by atoms with Crippen molar-refractivity contribution < 1.29 is 9.90 Å². The summed E-state index contributed by atoms with van der Waals surface area (Å²) in [7, 11) is 0. The Hall–Kier alpha value is -1.69. The van der Waals surface area contributed by atoms with Gasteiger partial charge in [0.25, 0.3) is 0 Å². The quantitative estimate of drug-likeness (QED) is 0.939. The van der Waals surface area contributed by atoms with Crippen LogP contribution in [0.1, 0.15) is 35.6 Å². The zero-order chi connectivity index (χ0) is 14.0. The predicted octanol–water partition coefficient (Wildman–Crippen LogP) is 2.85. The van der Waals surface area contributed by atoms with E-state index in [-0.39, 0.29) is 5.69 Å². The number of nitrogens with zero attached hydrogens (tertiary/aromatic N) is 3. The SMILES string of the molecule is CCc1cc(Br)ccc1-n1nnc(C(=O)O)c1CC. The first-order chi connectivity index (χ1) is 9.08. The summed E-state index contributed by atoms with van der Waals surface area (Å²) in [4.78, 5) is 11.1. The van der Waals surface area contributed by atoms with Gasteiger partial charge in [-0.3, -0.25) is 0 Å². The molecule has 1 aromatic carbocycles. The second-order valence-corrected chi connectivity index (χ2v) is 5.00. The molecular weight excluding hydrogens is 310 g/mol. The lowest BCUT2D eigenvalue weighted by atomic mass is 10.1. The van der Waals surface area contributed by atoms with Crippen molar-refractivity contribution in [2.45, 2.75) is 26.7 Å². The Morgan fingerprint density at radius 1 is 1.37 bits per heavy atom. The maximum atomic E-state index is 11.1. The fourth-order valence-electron chi connectivity index (χ4n) is 2.02. The molecule has 0 fully saturated rings. The van der Waals surface area contributed by atoms with Crippen LogP contribution in [0.15, 0.2) is 22.7 Å². The Kier molecular flexibility index (Phi) is 3.99. The molecule has 0 bridgehead atoms. The Balaban J connectivity index is 2.62. The van der Waals surface area contributed by atoms with E-state index in [1.54, 1.807) is 4.68 Å². The number of rotatable bonds is 4. The molecular formula is C13H14BrN3O2. The summed E-state index contributed by atoms with van der Waals surface area (Å²) in [6, 6.07) is 5.84.